The molecule has 0 aromatic heterocycles. The number of aliphatic hydroxyl groups is 1. The topological polar surface area (TPSA) is 78.4 Å². The van der Waals surface area contributed by atoms with Gasteiger partial charge in [-0.1, -0.05) is 37.3 Å². The van der Waals surface area contributed by atoms with Gasteiger partial charge in [0, 0.05) is 19.4 Å². The number of nitrogens with one attached hydrogen (secondary N) is 2. The highest BCUT2D eigenvalue weighted by molar-refractivity contribution is 5.84. The van der Waals surface area contributed by atoms with Gasteiger partial charge in [0.05, 0.1) is 12.6 Å². The Balaban J connectivity index is 2.21. The van der Waals surface area contributed by atoms with Crippen LogP contribution in [0.2, 0.25) is 0 Å². The highest BCUT2D eigenvalue weighted by atomic mass is 16.3. The molecule has 0 aliphatic rings. The fourth-order valence-corrected chi connectivity index (χ4v) is 1.56. The number of aliphatic hydroxyl groups excluding tert-OH is 1. The van der Waals surface area contributed by atoms with E-state index in [-0.39, 0.29) is 24.9 Å². The first-order chi connectivity index (χ1) is 9.11. The van der Waals surface area contributed by atoms with Gasteiger partial charge in [0.1, 0.15) is 0 Å². The van der Waals surface area contributed by atoms with Crippen LogP contribution in [0.15, 0.2) is 30.3 Å². The first kappa shape index (κ1) is 15.2. The summed E-state index contributed by atoms with van der Waals surface area (Å²) in [6.45, 7) is 1.84. The van der Waals surface area contributed by atoms with Gasteiger partial charge in [0.15, 0.2) is 0 Å². The van der Waals surface area contributed by atoms with Crippen molar-refractivity contribution in [2.45, 2.75) is 25.9 Å². The third-order valence-electron chi connectivity index (χ3n) is 2.62. The first-order valence-corrected chi connectivity index (χ1v) is 6.37. The van der Waals surface area contributed by atoms with Crippen LogP contribution in [0, 0.1) is 0 Å². The second-order valence-electron chi connectivity index (χ2n) is 4.28. The Bertz CT molecular complexity index is 406. The molecule has 104 valence electrons. The number of benzene rings is 1. The molecule has 0 fully saturated rings. The van der Waals surface area contributed by atoms with Crippen LogP contribution in [-0.4, -0.2) is 36.1 Å². The molecule has 0 radical (unpaired) electrons. The normalized spacial score (nSPS) is 11.7. The van der Waals surface area contributed by atoms with Crippen LogP contribution in [0.5, 0.6) is 0 Å². The molecule has 0 saturated heterocycles. The van der Waals surface area contributed by atoms with Crippen molar-refractivity contribution in [3.05, 3.63) is 35.9 Å². The molecule has 19 heavy (non-hydrogen) atoms. The second-order valence-corrected chi connectivity index (χ2v) is 4.28. The third-order valence-corrected chi connectivity index (χ3v) is 2.62. The predicted molar refractivity (Wildman–Crippen MR) is 72.5 cm³/mol. The molecule has 0 aliphatic heterocycles. The van der Waals surface area contributed by atoms with Gasteiger partial charge in [0.25, 0.3) is 0 Å². The average Bonchev–Trinajstić information content (AvgIpc) is 2.43. The quantitative estimate of drug-likeness (QED) is 0.660. The summed E-state index contributed by atoms with van der Waals surface area (Å²) in [5.41, 5.74) is 1.02. The van der Waals surface area contributed by atoms with E-state index in [0.717, 1.165) is 5.56 Å². The van der Waals surface area contributed by atoms with Crippen LogP contribution in [0.4, 0.5) is 0 Å². The molecule has 1 rings (SSSR count). The lowest BCUT2D eigenvalue weighted by Crippen LogP contribution is -2.40. The molecule has 1 atom stereocenters. The van der Waals surface area contributed by atoms with E-state index in [1.165, 1.54) is 0 Å². The van der Waals surface area contributed by atoms with Crippen LogP contribution < -0.4 is 10.6 Å². The molecule has 5 nitrogen and oxygen atoms in total. The second kappa shape index (κ2) is 8.26. The van der Waals surface area contributed by atoms with E-state index in [9.17, 15) is 14.7 Å². The maximum Gasteiger partial charge on any atom is 0.239 e. The summed E-state index contributed by atoms with van der Waals surface area (Å²) in [4.78, 5) is 22.3. The third kappa shape index (κ3) is 6.57. The molecule has 1 aromatic carbocycles. The minimum absolute atomic E-state index is 0.0509. The van der Waals surface area contributed by atoms with E-state index >= 15 is 0 Å². The van der Waals surface area contributed by atoms with Crippen LogP contribution in [0.1, 0.15) is 18.9 Å². The number of carbonyl (C=O) groups excluding carboxylic acids is 2. The van der Waals surface area contributed by atoms with Crippen LogP contribution in [0.3, 0.4) is 0 Å². The fraction of sp³-hybridized carbons (Fsp3) is 0.429. The molecule has 0 bridgehead atoms. The summed E-state index contributed by atoms with van der Waals surface area (Å²) in [6, 6.07) is 9.56. The standard InChI is InChI=1S/C14H20N2O3/c1-2-13(18)16-10-14(19)15-9-12(17)8-11-6-4-3-5-7-11/h3-7,12,17H,2,8-10H2,1H3,(H,15,19)(H,16,18). The summed E-state index contributed by atoms with van der Waals surface area (Å²) in [6.07, 6.45) is 0.208. The molecular formula is C14H20N2O3. The zero-order chi connectivity index (χ0) is 14.1. The summed E-state index contributed by atoms with van der Waals surface area (Å²) in [5.74, 6) is -0.464. The van der Waals surface area contributed by atoms with E-state index in [2.05, 4.69) is 10.6 Å². The summed E-state index contributed by atoms with van der Waals surface area (Å²) in [5, 5.41) is 14.8. The van der Waals surface area contributed by atoms with Gasteiger partial charge >= 0.3 is 0 Å². The fourth-order valence-electron chi connectivity index (χ4n) is 1.56. The Kier molecular flexibility index (Phi) is 6.60. The SMILES string of the molecule is CCC(=O)NCC(=O)NCC(O)Cc1ccccc1. The summed E-state index contributed by atoms with van der Waals surface area (Å²) < 4.78 is 0. The number of hydrogen-bond donors (Lipinski definition) is 3. The number of amides is 2. The molecule has 0 saturated carbocycles. The molecule has 3 N–H and O–H groups in total. The Morgan fingerprint density at radius 3 is 2.47 bits per heavy atom. The number of carbonyl (C=O) groups is 2. The van der Waals surface area contributed by atoms with Gasteiger partial charge in [-0.3, -0.25) is 9.59 Å². The maximum atomic E-state index is 11.4. The van der Waals surface area contributed by atoms with E-state index in [1.54, 1.807) is 6.92 Å². The maximum absolute atomic E-state index is 11.4. The van der Waals surface area contributed by atoms with E-state index in [4.69, 9.17) is 0 Å². The van der Waals surface area contributed by atoms with Crippen molar-refractivity contribution in [2.24, 2.45) is 0 Å². The zero-order valence-corrected chi connectivity index (χ0v) is 11.1. The number of rotatable bonds is 7. The van der Waals surface area contributed by atoms with Crippen molar-refractivity contribution in [1.29, 1.82) is 0 Å². The van der Waals surface area contributed by atoms with Gasteiger partial charge in [-0.05, 0) is 5.56 Å². The first-order valence-electron chi connectivity index (χ1n) is 6.37. The average molecular weight is 264 g/mol. The highest BCUT2D eigenvalue weighted by Crippen LogP contribution is 2.02. The van der Waals surface area contributed by atoms with Crippen LogP contribution in [-0.2, 0) is 16.0 Å². The molecule has 0 spiro atoms. The monoisotopic (exact) mass is 264 g/mol. The van der Waals surface area contributed by atoms with Crippen LogP contribution >= 0.6 is 0 Å². The minimum atomic E-state index is -0.631. The lowest BCUT2D eigenvalue weighted by Gasteiger charge is -2.12. The van der Waals surface area contributed by atoms with Gasteiger partial charge < -0.3 is 15.7 Å². The van der Waals surface area contributed by atoms with Crippen molar-refractivity contribution in [3.63, 3.8) is 0 Å². The molecule has 2 amide bonds. The van der Waals surface area contributed by atoms with Crippen molar-refractivity contribution < 1.29 is 14.7 Å². The van der Waals surface area contributed by atoms with Crippen molar-refractivity contribution in [1.82, 2.24) is 10.6 Å². The summed E-state index contributed by atoms with van der Waals surface area (Å²) >= 11 is 0. The Hall–Kier alpha value is -1.88. The van der Waals surface area contributed by atoms with E-state index in [1.807, 2.05) is 30.3 Å². The lowest BCUT2D eigenvalue weighted by atomic mass is 10.1. The van der Waals surface area contributed by atoms with E-state index in [0.29, 0.717) is 12.8 Å². The molecule has 1 aromatic rings. The van der Waals surface area contributed by atoms with Crippen molar-refractivity contribution >= 4 is 11.8 Å². The molecule has 0 heterocycles. The van der Waals surface area contributed by atoms with Gasteiger partial charge in [-0.25, -0.2) is 0 Å². The smallest absolute Gasteiger partial charge is 0.239 e. The minimum Gasteiger partial charge on any atom is -0.391 e. The summed E-state index contributed by atoms with van der Waals surface area (Å²) in [7, 11) is 0. The molecule has 5 heteroatoms. The molecule has 1 unspecified atom stereocenters. The van der Waals surface area contributed by atoms with Gasteiger partial charge in [-0.15, -0.1) is 0 Å². The van der Waals surface area contributed by atoms with E-state index < -0.39 is 6.10 Å². The van der Waals surface area contributed by atoms with Gasteiger partial charge in [0.2, 0.25) is 11.8 Å². The largest absolute Gasteiger partial charge is 0.391 e. The molecular weight excluding hydrogens is 244 g/mol. The number of hydrogen-bond acceptors (Lipinski definition) is 3. The predicted octanol–water partition coefficient (Wildman–Crippen LogP) is 0.232. The van der Waals surface area contributed by atoms with Gasteiger partial charge in [-0.2, -0.15) is 0 Å². The molecule has 0 aliphatic carbocycles. The van der Waals surface area contributed by atoms with Crippen LogP contribution in [0.25, 0.3) is 0 Å². The lowest BCUT2D eigenvalue weighted by molar-refractivity contribution is -0.126. The Labute approximate surface area is 113 Å². The van der Waals surface area contributed by atoms with Crippen molar-refractivity contribution in [2.75, 3.05) is 13.1 Å². The van der Waals surface area contributed by atoms with Crippen molar-refractivity contribution in [3.8, 4) is 0 Å². The Morgan fingerprint density at radius 1 is 1.16 bits per heavy atom. The Morgan fingerprint density at radius 2 is 1.84 bits per heavy atom. The highest BCUT2D eigenvalue weighted by Gasteiger charge is 2.08. The zero-order valence-electron chi connectivity index (χ0n) is 11.1.